The van der Waals surface area contributed by atoms with Crippen molar-refractivity contribution < 1.29 is 9.53 Å². The van der Waals surface area contributed by atoms with Crippen LogP contribution in [0.3, 0.4) is 0 Å². The molecule has 6 nitrogen and oxygen atoms in total. The maximum Gasteiger partial charge on any atom is 0.410 e. The minimum Gasteiger partial charge on any atom is -0.444 e. The first-order chi connectivity index (χ1) is 10.8. The van der Waals surface area contributed by atoms with Gasteiger partial charge in [0.2, 0.25) is 0 Å². The molecule has 1 fully saturated rings. The molecule has 0 spiro atoms. The van der Waals surface area contributed by atoms with Gasteiger partial charge in [-0.1, -0.05) is 30.3 Å². The van der Waals surface area contributed by atoms with Gasteiger partial charge in [0.1, 0.15) is 11.4 Å². The fraction of sp³-hybridized carbons (Fsp3) is 0.471. The van der Waals surface area contributed by atoms with Gasteiger partial charge in [0.05, 0.1) is 5.70 Å². The normalized spacial score (nSPS) is 16.8. The lowest BCUT2D eigenvalue weighted by Gasteiger charge is -2.37. The maximum atomic E-state index is 12.1. The van der Waals surface area contributed by atoms with Crippen molar-refractivity contribution in [2.45, 2.75) is 26.4 Å². The maximum absolute atomic E-state index is 12.1. The molecule has 1 saturated heterocycles. The number of nitrogens with two attached hydrogens (primary N) is 2. The van der Waals surface area contributed by atoms with E-state index in [2.05, 4.69) is 0 Å². The van der Waals surface area contributed by atoms with Crippen molar-refractivity contribution in [3.05, 3.63) is 41.7 Å². The summed E-state index contributed by atoms with van der Waals surface area (Å²) in [5, 5.41) is 0. The average Bonchev–Trinajstić information content (AvgIpc) is 2.53. The van der Waals surface area contributed by atoms with Gasteiger partial charge in [0.25, 0.3) is 0 Å². The van der Waals surface area contributed by atoms with Crippen LogP contribution in [0, 0.1) is 0 Å². The molecule has 4 N–H and O–H groups in total. The number of rotatable bonds is 2. The number of hydrogen-bond acceptors (Lipinski definition) is 5. The Morgan fingerprint density at radius 3 is 2.04 bits per heavy atom. The van der Waals surface area contributed by atoms with E-state index in [1.807, 2.05) is 56.0 Å². The molecule has 1 amide bonds. The third kappa shape index (κ3) is 4.55. The van der Waals surface area contributed by atoms with E-state index in [1.165, 1.54) is 0 Å². The number of amides is 1. The molecular weight excluding hydrogens is 292 g/mol. The Labute approximate surface area is 137 Å². The number of nitrogens with zero attached hydrogens (tertiary/aromatic N) is 2. The Kier molecular flexibility index (Phi) is 5.03. The lowest BCUT2D eigenvalue weighted by Crippen LogP contribution is -2.50. The highest BCUT2D eigenvalue weighted by molar-refractivity contribution is 5.68. The summed E-state index contributed by atoms with van der Waals surface area (Å²) in [7, 11) is 0. The van der Waals surface area contributed by atoms with Crippen molar-refractivity contribution in [3.63, 3.8) is 0 Å². The third-order valence-electron chi connectivity index (χ3n) is 3.63. The highest BCUT2D eigenvalue weighted by Gasteiger charge is 2.26. The zero-order valence-electron chi connectivity index (χ0n) is 14.1. The Morgan fingerprint density at radius 2 is 1.52 bits per heavy atom. The van der Waals surface area contributed by atoms with Crippen LogP contribution in [-0.4, -0.2) is 47.7 Å². The lowest BCUT2D eigenvalue weighted by molar-refractivity contribution is 0.0168. The summed E-state index contributed by atoms with van der Waals surface area (Å²) in [6.07, 6.45) is -0.282. The molecule has 2 rings (SSSR count). The van der Waals surface area contributed by atoms with Crippen LogP contribution < -0.4 is 11.5 Å². The lowest BCUT2D eigenvalue weighted by atomic mass is 10.1. The molecule has 1 heterocycles. The third-order valence-corrected chi connectivity index (χ3v) is 3.63. The molecule has 0 bridgehead atoms. The van der Waals surface area contributed by atoms with E-state index in [4.69, 9.17) is 16.2 Å². The number of piperazine rings is 1. The summed E-state index contributed by atoms with van der Waals surface area (Å²) in [5.41, 5.74) is 13.3. The zero-order valence-corrected chi connectivity index (χ0v) is 14.1. The van der Waals surface area contributed by atoms with E-state index in [-0.39, 0.29) is 6.09 Å². The van der Waals surface area contributed by atoms with Crippen molar-refractivity contribution in [2.75, 3.05) is 26.2 Å². The van der Waals surface area contributed by atoms with Gasteiger partial charge in [0.15, 0.2) is 0 Å². The molecule has 0 unspecified atom stereocenters. The average molecular weight is 318 g/mol. The molecule has 1 aliphatic heterocycles. The van der Waals surface area contributed by atoms with Crippen molar-refractivity contribution in [1.82, 2.24) is 9.80 Å². The highest BCUT2D eigenvalue weighted by atomic mass is 16.6. The van der Waals surface area contributed by atoms with E-state index < -0.39 is 5.60 Å². The minimum atomic E-state index is -0.481. The quantitative estimate of drug-likeness (QED) is 0.868. The van der Waals surface area contributed by atoms with Gasteiger partial charge < -0.3 is 26.0 Å². The Balaban J connectivity index is 1.97. The fourth-order valence-electron chi connectivity index (χ4n) is 2.39. The van der Waals surface area contributed by atoms with E-state index >= 15 is 0 Å². The summed E-state index contributed by atoms with van der Waals surface area (Å²) in [6, 6.07) is 9.65. The number of ether oxygens (including phenoxy) is 1. The predicted molar refractivity (Wildman–Crippen MR) is 91.1 cm³/mol. The van der Waals surface area contributed by atoms with Crippen LogP contribution in [0.1, 0.15) is 26.3 Å². The molecular formula is C17H26N4O2. The first-order valence-electron chi connectivity index (χ1n) is 7.81. The van der Waals surface area contributed by atoms with Crippen molar-refractivity contribution in [3.8, 4) is 0 Å². The van der Waals surface area contributed by atoms with Crippen molar-refractivity contribution >= 4 is 11.8 Å². The molecule has 0 atom stereocenters. The molecule has 0 aromatic heterocycles. The van der Waals surface area contributed by atoms with E-state index in [9.17, 15) is 4.79 Å². The van der Waals surface area contributed by atoms with Crippen LogP contribution in [0.2, 0.25) is 0 Å². The Morgan fingerprint density at radius 1 is 1.00 bits per heavy atom. The Hall–Kier alpha value is -2.37. The second kappa shape index (κ2) is 6.81. The van der Waals surface area contributed by atoms with Crippen LogP contribution in [0.25, 0.3) is 5.70 Å². The van der Waals surface area contributed by atoms with Gasteiger partial charge in [-0.15, -0.1) is 0 Å². The van der Waals surface area contributed by atoms with Gasteiger partial charge >= 0.3 is 6.09 Å². The van der Waals surface area contributed by atoms with Gasteiger partial charge in [-0.2, -0.15) is 0 Å². The first kappa shape index (κ1) is 17.0. The van der Waals surface area contributed by atoms with Crippen LogP contribution >= 0.6 is 0 Å². The number of hydrogen-bond donors (Lipinski definition) is 2. The van der Waals surface area contributed by atoms with Crippen LogP contribution in [0.4, 0.5) is 4.79 Å². The summed E-state index contributed by atoms with van der Waals surface area (Å²) >= 11 is 0. The molecule has 126 valence electrons. The largest absolute Gasteiger partial charge is 0.444 e. The van der Waals surface area contributed by atoms with E-state index in [0.717, 1.165) is 5.56 Å². The molecule has 0 saturated carbocycles. The van der Waals surface area contributed by atoms with E-state index in [0.29, 0.717) is 37.7 Å². The standard InChI is InChI=1S/C17H26N4O2/c1-17(2,3)23-16(22)21-11-9-20(10-12-21)15(19)14(18)13-7-5-4-6-8-13/h4-8H,9-12,18-19H2,1-3H3/b15-14+. The summed E-state index contributed by atoms with van der Waals surface area (Å²) in [5.74, 6) is 0.556. The summed E-state index contributed by atoms with van der Waals surface area (Å²) in [4.78, 5) is 15.8. The van der Waals surface area contributed by atoms with Gasteiger partial charge in [-0.3, -0.25) is 0 Å². The monoisotopic (exact) mass is 318 g/mol. The van der Waals surface area contributed by atoms with Crippen molar-refractivity contribution in [2.24, 2.45) is 11.5 Å². The number of benzene rings is 1. The number of carbonyl (C=O) groups is 1. The second-order valence-corrected chi connectivity index (χ2v) is 6.62. The molecule has 23 heavy (non-hydrogen) atoms. The smallest absolute Gasteiger partial charge is 0.410 e. The minimum absolute atomic E-state index is 0.282. The SMILES string of the molecule is CC(C)(C)OC(=O)N1CCN(/C(N)=C(/N)c2ccccc2)CC1. The van der Waals surface area contributed by atoms with Gasteiger partial charge in [0, 0.05) is 31.7 Å². The molecule has 1 aromatic rings. The Bertz CT molecular complexity index is 570. The molecule has 1 aliphatic rings. The zero-order chi connectivity index (χ0) is 17.0. The predicted octanol–water partition coefficient (Wildman–Crippen LogP) is 1.78. The second-order valence-electron chi connectivity index (χ2n) is 6.62. The van der Waals surface area contributed by atoms with Crippen LogP contribution in [0.15, 0.2) is 36.2 Å². The fourth-order valence-corrected chi connectivity index (χ4v) is 2.39. The molecule has 0 aliphatic carbocycles. The van der Waals surface area contributed by atoms with Gasteiger partial charge in [-0.05, 0) is 20.8 Å². The van der Waals surface area contributed by atoms with Crippen molar-refractivity contribution in [1.29, 1.82) is 0 Å². The topological polar surface area (TPSA) is 84.8 Å². The number of carbonyl (C=O) groups excluding carboxylic acids is 1. The molecule has 1 aromatic carbocycles. The summed E-state index contributed by atoms with van der Waals surface area (Å²) in [6.45, 7) is 8.00. The van der Waals surface area contributed by atoms with Crippen LogP contribution in [-0.2, 0) is 4.74 Å². The molecule has 0 radical (unpaired) electrons. The van der Waals surface area contributed by atoms with E-state index in [1.54, 1.807) is 4.90 Å². The van der Waals surface area contributed by atoms with Gasteiger partial charge in [-0.25, -0.2) is 4.79 Å². The van der Waals surface area contributed by atoms with Crippen LogP contribution in [0.5, 0.6) is 0 Å². The highest BCUT2D eigenvalue weighted by Crippen LogP contribution is 2.16. The summed E-state index contributed by atoms with van der Waals surface area (Å²) < 4.78 is 5.39. The first-order valence-corrected chi connectivity index (χ1v) is 7.81. The molecule has 6 heteroatoms.